The summed E-state index contributed by atoms with van der Waals surface area (Å²) in [6.45, 7) is 6.48. The van der Waals surface area contributed by atoms with Gasteiger partial charge in [-0.15, -0.1) is 0 Å². The monoisotopic (exact) mass is 914 g/mol. The molecule has 3 N–H and O–H groups in total. The van der Waals surface area contributed by atoms with E-state index < -0.39 is 18.2 Å². The Morgan fingerprint density at radius 1 is 0.446 bits per heavy atom. The van der Waals surface area contributed by atoms with Crippen molar-refractivity contribution >= 4 is 11.9 Å². The third kappa shape index (κ3) is 48.3. The number of unbranched alkanes of at least 4 members (excludes halogenated alkanes) is 34. The van der Waals surface area contributed by atoms with Crippen molar-refractivity contribution in [3.63, 3.8) is 0 Å². The topological polar surface area (TPSA) is 95.9 Å². The maximum atomic E-state index is 13.3. The lowest BCUT2D eigenvalue weighted by atomic mass is 10.0. The molecular weight excluding hydrogens is 803 g/mol. The molecule has 382 valence electrons. The summed E-state index contributed by atoms with van der Waals surface area (Å²) in [7, 11) is 0. The number of nitrogens with one attached hydrogen (secondary N) is 1. The van der Waals surface area contributed by atoms with Crippen LogP contribution >= 0.6 is 0 Å². The molecule has 0 aromatic carbocycles. The van der Waals surface area contributed by atoms with Crippen molar-refractivity contribution in [2.45, 2.75) is 322 Å². The van der Waals surface area contributed by atoms with Crippen LogP contribution in [0.5, 0.6) is 0 Å². The fourth-order valence-electron chi connectivity index (χ4n) is 8.81. The number of aliphatic hydroxyl groups excluding tert-OH is 2. The van der Waals surface area contributed by atoms with Gasteiger partial charge in [0.05, 0.1) is 25.2 Å². The molecule has 0 aliphatic heterocycles. The van der Waals surface area contributed by atoms with Crippen LogP contribution in [0.25, 0.3) is 0 Å². The molecule has 0 bridgehead atoms. The van der Waals surface area contributed by atoms with Crippen molar-refractivity contribution in [1.29, 1.82) is 0 Å². The first-order valence-electron chi connectivity index (χ1n) is 28.7. The molecule has 0 aromatic rings. The van der Waals surface area contributed by atoms with Gasteiger partial charge in [0.15, 0.2) is 0 Å². The van der Waals surface area contributed by atoms with Gasteiger partial charge in [0.25, 0.3) is 0 Å². The Balaban J connectivity index is 4.57. The number of hydrogen-bond donors (Lipinski definition) is 3. The lowest BCUT2D eigenvalue weighted by Crippen LogP contribution is -2.46. The van der Waals surface area contributed by atoms with E-state index in [-0.39, 0.29) is 24.9 Å². The summed E-state index contributed by atoms with van der Waals surface area (Å²) in [4.78, 5) is 26.2. The molecular formula is C59H111NO5. The zero-order valence-corrected chi connectivity index (χ0v) is 43.6. The number of esters is 1. The molecule has 0 spiro atoms. The molecule has 3 atom stereocenters. The van der Waals surface area contributed by atoms with Crippen molar-refractivity contribution in [3.8, 4) is 0 Å². The second-order valence-electron chi connectivity index (χ2n) is 19.7. The fraction of sp³-hybridized carbons (Fsp3) is 0.864. The summed E-state index contributed by atoms with van der Waals surface area (Å²) >= 11 is 0. The van der Waals surface area contributed by atoms with Crippen LogP contribution in [0, 0.1) is 0 Å². The largest absolute Gasteiger partial charge is 0.462 e. The number of hydrogen-bond acceptors (Lipinski definition) is 5. The number of rotatable bonds is 52. The Morgan fingerprint density at radius 3 is 1.22 bits per heavy atom. The summed E-state index contributed by atoms with van der Waals surface area (Å²) in [5, 5.41) is 23.9. The van der Waals surface area contributed by atoms with E-state index in [4.69, 9.17) is 4.74 Å². The molecule has 6 nitrogen and oxygen atoms in total. The maximum absolute atomic E-state index is 13.3. The maximum Gasteiger partial charge on any atom is 0.306 e. The highest BCUT2D eigenvalue weighted by atomic mass is 16.5. The average molecular weight is 915 g/mol. The second-order valence-corrected chi connectivity index (χ2v) is 19.7. The van der Waals surface area contributed by atoms with E-state index in [2.05, 4.69) is 62.5 Å². The SMILES string of the molecule is CCCCC/C=C\C/C=C\CCCCCCCCCC(CC(=O)NC(CO)C(O)CCCCCCCCCCCCCCCCC)OC(=O)CCCCC/C=C\CCCCCCCCC. The van der Waals surface area contributed by atoms with Gasteiger partial charge < -0.3 is 20.3 Å². The number of amides is 1. The van der Waals surface area contributed by atoms with Crippen molar-refractivity contribution in [2.24, 2.45) is 0 Å². The van der Waals surface area contributed by atoms with Crippen molar-refractivity contribution in [3.05, 3.63) is 36.5 Å². The summed E-state index contributed by atoms with van der Waals surface area (Å²) in [5.74, 6) is -0.487. The summed E-state index contributed by atoms with van der Waals surface area (Å²) in [5.41, 5.74) is 0. The van der Waals surface area contributed by atoms with Gasteiger partial charge in [0.2, 0.25) is 5.91 Å². The predicted molar refractivity (Wildman–Crippen MR) is 282 cm³/mol. The van der Waals surface area contributed by atoms with Crippen LogP contribution in [0.3, 0.4) is 0 Å². The summed E-state index contributed by atoms with van der Waals surface area (Å²) in [6.07, 6.45) is 63.5. The Morgan fingerprint density at radius 2 is 0.785 bits per heavy atom. The van der Waals surface area contributed by atoms with Crippen LogP contribution in [0.15, 0.2) is 36.5 Å². The van der Waals surface area contributed by atoms with E-state index >= 15 is 0 Å². The summed E-state index contributed by atoms with van der Waals surface area (Å²) < 4.78 is 5.95. The zero-order valence-electron chi connectivity index (χ0n) is 43.6. The van der Waals surface area contributed by atoms with Gasteiger partial charge in [-0.3, -0.25) is 9.59 Å². The molecule has 65 heavy (non-hydrogen) atoms. The number of ether oxygens (including phenoxy) is 1. The van der Waals surface area contributed by atoms with E-state index in [1.165, 1.54) is 186 Å². The Labute approximate surface area is 404 Å². The average Bonchev–Trinajstić information content (AvgIpc) is 3.30. The molecule has 3 unspecified atom stereocenters. The van der Waals surface area contributed by atoms with Gasteiger partial charge in [-0.2, -0.15) is 0 Å². The molecule has 0 rings (SSSR count). The van der Waals surface area contributed by atoms with Crippen molar-refractivity contribution in [1.82, 2.24) is 5.32 Å². The van der Waals surface area contributed by atoms with Gasteiger partial charge in [-0.05, 0) is 83.5 Å². The van der Waals surface area contributed by atoms with E-state index in [0.717, 1.165) is 70.6 Å². The third-order valence-electron chi connectivity index (χ3n) is 13.2. The second kappa shape index (κ2) is 53.0. The van der Waals surface area contributed by atoms with E-state index in [1.54, 1.807) is 0 Å². The predicted octanol–water partition coefficient (Wildman–Crippen LogP) is 17.6. The van der Waals surface area contributed by atoms with Crippen LogP contribution in [0.4, 0.5) is 0 Å². The Hall–Kier alpha value is -1.92. The number of allylic oxidation sites excluding steroid dienone is 6. The van der Waals surface area contributed by atoms with E-state index in [1.807, 2.05) is 0 Å². The lowest BCUT2D eigenvalue weighted by molar-refractivity contribution is -0.151. The third-order valence-corrected chi connectivity index (χ3v) is 13.2. The fourth-order valence-corrected chi connectivity index (χ4v) is 8.81. The van der Waals surface area contributed by atoms with Gasteiger partial charge in [0, 0.05) is 6.42 Å². The first-order chi connectivity index (χ1) is 32.0. The van der Waals surface area contributed by atoms with E-state index in [9.17, 15) is 19.8 Å². The highest BCUT2D eigenvalue weighted by Crippen LogP contribution is 2.18. The molecule has 0 saturated carbocycles. The quantitative estimate of drug-likeness (QED) is 0.0321. The molecule has 0 heterocycles. The van der Waals surface area contributed by atoms with Crippen LogP contribution in [0.2, 0.25) is 0 Å². The standard InChI is InChI=1S/C59H111NO5/c1-4-7-10-13-16-19-22-25-28-29-31-32-35-38-41-44-47-50-55(65-59(64)52-49-46-43-40-37-34-27-24-21-18-15-12-9-6-3)53-58(63)60-56(54-61)57(62)51-48-45-42-39-36-33-30-26-23-20-17-14-11-8-5-2/h16,19,25,28,34,37,55-57,61-62H,4-15,17-18,20-24,26-27,29-33,35-36,38-54H2,1-3H3,(H,60,63)/b19-16-,28-25-,37-34-. The van der Waals surface area contributed by atoms with Crippen molar-refractivity contribution < 1.29 is 24.5 Å². The lowest BCUT2D eigenvalue weighted by Gasteiger charge is -2.24. The Kier molecular flexibility index (Phi) is 51.5. The molecule has 0 aliphatic rings. The minimum absolute atomic E-state index is 0.0691. The molecule has 0 aliphatic carbocycles. The first kappa shape index (κ1) is 63.1. The normalized spacial score (nSPS) is 13.4. The van der Waals surface area contributed by atoms with Crippen LogP contribution < -0.4 is 5.32 Å². The molecule has 1 amide bonds. The van der Waals surface area contributed by atoms with Crippen LogP contribution in [0.1, 0.15) is 303 Å². The molecule has 0 radical (unpaired) electrons. The van der Waals surface area contributed by atoms with Gasteiger partial charge >= 0.3 is 5.97 Å². The minimum atomic E-state index is -0.791. The minimum Gasteiger partial charge on any atom is -0.462 e. The number of carbonyl (C=O) groups is 2. The highest BCUT2D eigenvalue weighted by molar-refractivity contribution is 5.77. The van der Waals surface area contributed by atoms with Gasteiger partial charge in [-0.25, -0.2) is 0 Å². The first-order valence-corrected chi connectivity index (χ1v) is 28.7. The Bertz CT molecular complexity index is 1070. The summed E-state index contributed by atoms with van der Waals surface area (Å²) in [6, 6.07) is -0.706. The van der Waals surface area contributed by atoms with Crippen molar-refractivity contribution in [2.75, 3.05) is 6.61 Å². The van der Waals surface area contributed by atoms with Gasteiger partial charge in [-0.1, -0.05) is 243 Å². The molecule has 6 heteroatoms. The van der Waals surface area contributed by atoms with E-state index in [0.29, 0.717) is 19.3 Å². The van der Waals surface area contributed by atoms with Crippen LogP contribution in [-0.2, 0) is 14.3 Å². The zero-order chi connectivity index (χ0) is 47.4. The highest BCUT2D eigenvalue weighted by Gasteiger charge is 2.24. The molecule has 0 aromatic heterocycles. The molecule has 0 fully saturated rings. The smallest absolute Gasteiger partial charge is 0.306 e. The number of carbonyl (C=O) groups excluding carboxylic acids is 2. The number of aliphatic hydroxyl groups is 2. The van der Waals surface area contributed by atoms with Crippen LogP contribution in [-0.4, -0.2) is 46.9 Å². The molecule has 0 saturated heterocycles. The van der Waals surface area contributed by atoms with Gasteiger partial charge in [0.1, 0.15) is 6.10 Å².